The standard InChI is InChI=1S/C12H20O10/c13-1-3-5(15)7(17)9-11(19-3)21-10-8(18)6(16)4(2-14)20-12(10)22-9/h3-18H,1-2H2/t3-,4-,5-,6-,7+,8+,9-,10-,11-,12+/m1/s1. The molecule has 0 radical (unpaired) electrons. The lowest BCUT2D eigenvalue weighted by Crippen LogP contribution is -2.70. The predicted octanol–water partition coefficient (Wildman–Crippen LogP) is -4.35. The van der Waals surface area contributed by atoms with Crippen LogP contribution < -0.4 is 0 Å². The number of aliphatic hydroxyl groups is 6. The fourth-order valence-electron chi connectivity index (χ4n) is 2.93. The van der Waals surface area contributed by atoms with Gasteiger partial charge in [0.25, 0.3) is 0 Å². The maximum absolute atomic E-state index is 10.0. The highest BCUT2D eigenvalue weighted by molar-refractivity contribution is 4.97. The molecule has 0 amide bonds. The van der Waals surface area contributed by atoms with Crippen molar-refractivity contribution < 1.29 is 49.6 Å². The molecule has 0 aromatic rings. The average molecular weight is 324 g/mol. The Morgan fingerprint density at radius 3 is 1.23 bits per heavy atom. The van der Waals surface area contributed by atoms with Crippen molar-refractivity contribution in [2.45, 2.75) is 61.4 Å². The van der Waals surface area contributed by atoms with E-state index in [4.69, 9.17) is 29.2 Å². The number of fused-ring (bicyclic) bond motifs is 2. The summed E-state index contributed by atoms with van der Waals surface area (Å²) in [6, 6.07) is 0. The van der Waals surface area contributed by atoms with Gasteiger partial charge >= 0.3 is 0 Å². The Balaban J connectivity index is 1.77. The third kappa shape index (κ3) is 2.55. The lowest BCUT2D eigenvalue weighted by atomic mass is 9.95. The largest absolute Gasteiger partial charge is 0.394 e. The fourth-order valence-corrected chi connectivity index (χ4v) is 2.93. The lowest BCUT2D eigenvalue weighted by Gasteiger charge is -2.52. The average Bonchev–Trinajstić information content (AvgIpc) is 2.53. The topological polar surface area (TPSA) is 158 Å². The Kier molecular flexibility index (Phi) is 4.67. The Morgan fingerprint density at radius 1 is 0.545 bits per heavy atom. The molecule has 128 valence electrons. The number of hydrogen-bond donors (Lipinski definition) is 6. The lowest BCUT2D eigenvalue weighted by molar-refractivity contribution is -0.430. The highest BCUT2D eigenvalue weighted by Gasteiger charge is 2.56. The maximum atomic E-state index is 10.0. The highest BCUT2D eigenvalue weighted by Crippen LogP contribution is 2.36. The van der Waals surface area contributed by atoms with Crippen LogP contribution in [-0.2, 0) is 18.9 Å². The third-order valence-corrected chi connectivity index (χ3v) is 4.23. The van der Waals surface area contributed by atoms with Crippen LogP contribution in [0.15, 0.2) is 0 Å². The zero-order valence-corrected chi connectivity index (χ0v) is 11.5. The maximum Gasteiger partial charge on any atom is 0.187 e. The molecular formula is C12H20O10. The van der Waals surface area contributed by atoms with Crippen LogP contribution in [0.25, 0.3) is 0 Å². The van der Waals surface area contributed by atoms with Crippen molar-refractivity contribution in [1.82, 2.24) is 0 Å². The van der Waals surface area contributed by atoms with E-state index in [1.54, 1.807) is 0 Å². The first-order valence-corrected chi connectivity index (χ1v) is 7.03. The summed E-state index contributed by atoms with van der Waals surface area (Å²) >= 11 is 0. The van der Waals surface area contributed by atoms with Crippen molar-refractivity contribution in [3.05, 3.63) is 0 Å². The van der Waals surface area contributed by atoms with Gasteiger partial charge in [-0.3, -0.25) is 0 Å². The van der Waals surface area contributed by atoms with Crippen molar-refractivity contribution in [3.8, 4) is 0 Å². The van der Waals surface area contributed by atoms with Crippen LogP contribution in [0.5, 0.6) is 0 Å². The number of hydrogen-bond acceptors (Lipinski definition) is 10. The van der Waals surface area contributed by atoms with Crippen LogP contribution >= 0.6 is 0 Å². The summed E-state index contributed by atoms with van der Waals surface area (Å²) in [6.45, 7) is -1.07. The van der Waals surface area contributed by atoms with Crippen molar-refractivity contribution in [3.63, 3.8) is 0 Å². The van der Waals surface area contributed by atoms with E-state index in [1.165, 1.54) is 0 Å². The predicted molar refractivity (Wildman–Crippen MR) is 65.3 cm³/mol. The molecule has 3 saturated heterocycles. The second-order valence-electron chi connectivity index (χ2n) is 5.61. The first-order valence-electron chi connectivity index (χ1n) is 7.03. The van der Waals surface area contributed by atoms with Gasteiger partial charge in [-0.05, 0) is 0 Å². The van der Waals surface area contributed by atoms with Crippen molar-refractivity contribution >= 4 is 0 Å². The summed E-state index contributed by atoms with van der Waals surface area (Å²) in [5.74, 6) is 0. The van der Waals surface area contributed by atoms with Gasteiger partial charge in [0.15, 0.2) is 12.6 Å². The van der Waals surface area contributed by atoms with Crippen LogP contribution in [0.3, 0.4) is 0 Å². The molecule has 0 aromatic heterocycles. The molecule has 0 spiro atoms. The molecule has 0 aromatic carbocycles. The molecule has 0 bridgehead atoms. The molecule has 10 atom stereocenters. The van der Waals surface area contributed by atoms with Crippen molar-refractivity contribution in [2.24, 2.45) is 0 Å². The van der Waals surface area contributed by atoms with E-state index >= 15 is 0 Å². The second-order valence-corrected chi connectivity index (χ2v) is 5.61. The van der Waals surface area contributed by atoms with Gasteiger partial charge in [-0.1, -0.05) is 0 Å². The van der Waals surface area contributed by atoms with Gasteiger partial charge in [0.1, 0.15) is 48.8 Å². The van der Waals surface area contributed by atoms with E-state index in [2.05, 4.69) is 0 Å². The van der Waals surface area contributed by atoms with Crippen LogP contribution in [0.4, 0.5) is 0 Å². The molecule has 3 heterocycles. The Morgan fingerprint density at radius 2 is 0.909 bits per heavy atom. The SMILES string of the molecule is OC[C@H]1O[C@H]2O[C@H]3[C@@H](O[C@@H]2[C@@H](O)[C@@H]1O)O[C@H](CO)[C@@H](O)[C@@H]3O. The Labute approximate surface area is 125 Å². The molecule has 10 heteroatoms. The summed E-state index contributed by atoms with van der Waals surface area (Å²) in [7, 11) is 0. The second kappa shape index (κ2) is 6.24. The summed E-state index contributed by atoms with van der Waals surface area (Å²) in [5.41, 5.74) is 0. The number of rotatable bonds is 2. The van der Waals surface area contributed by atoms with Gasteiger partial charge in [-0.2, -0.15) is 0 Å². The minimum Gasteiger partial charge on any atom is -0.394 e. The Bertz CT molecular complexity index is 358. The van der Waals surface area contributed by atoms with Crippen LogP contribution in [0.1, 0.15) is 0 Å². The van der Waals surface area contributed by atoms with E-state index < -0.39 is 74.6 Å². The van der Waals surface area contributed by atoms with Gasteiger partial charge in [-0.15, -0.1) is 0 Å². The van der Waals surface area contributed by atoms with Gasteiger partial charge in [0.2, 0.25) is 0 Å². The summed E-state index contributed by atoms with van der Waals surface area (Å²) in [6.07, 6.45) is -12.1. The molecule has 3 aliphatic rings. The molecule has 3 rings (SSSR count). The van der Waals surface area contributed by atoms with Gasteiger partial charge in [0.05, 0.1) is 13.2 Å². The normalized spacial score (nSPS) is 55.4. The third-order valence-electron chi connectivity index (χ3n) is 4.23. The minimum atomic E-state index is -1.39. The molecule has 6 N–H and O–H groups in total. The van der Waals surface area contributed by atoms with E-state index in [9.17, 15) is 20.4 Å². The molecule has 0 saturated carbocycles. The van der Waals surface area contributed by atoms with E-state index in [-0.39, 0.29) is 0 Å². The quantitative estimate of drug-likeness (QED) is 0.293. The first-order chi connectivity index (χ1) is 10.5. The van der Waals surface area contributed by atoms with Crippen molar-refractivity contribution in [2.75, 3.05) is 13.2 Å². The summed E-state index contributed by atoms with van der Waals surface area (Å²) in [5, 5.41) is 58.0. The zero-order valence-electron chi connectivity index (χ0n) is 11.5. The van der Waals surface area contributed by atoms with Crippen LogP contribution in [-0.4, -0.2) is 105 Å². The number of aliphatic hydroxyl groups excluding tert-OH is 6. The summed E-state index contributed by atoms with van der Waals surface area (Å²) < 4.78 is 21.6. The molecular weight excluding hydrogens is 304 g/mol. The molecule has 0 unspecified atom stereocenters. The molecule has 3 fully saturated rings. The number of ether oxygens (including phenoxy) is 4. The van der Waals surface area contributed by atoms with Gasteiger partial charge in [-0.25, -0.2) is 0 Å². The summed E-state index contributed by atoms with van der Waals surface area (Å²) in [4.78, 5) is 0. The fraction of sp³-hybridized carbons (Fsp3) is 1.00. The molecule has 10 nitrogen and oxygen atoms in total. The van der Waals surface area contributed by atoms with E-state index in [1.807, 2.05) is 0 Å². The van der Waals surface area contributed by atoms with Gasteiger partial charge in [0, 0.05) is 0 Å². The molecule has 22 heavy (non-hydrogen) atoms. The highest BCUT2D eigenvalue weighted by atomic mass is 16.8. The van der Waals surface area contributed by atoms with Gasteiger partial charge < -0.3 is 49.6 Å². The van der Waals surface area contributed by atoms with E-state index in [0.717, 1.165) is 0 Å². The monoisotopic (exact) mass is 324 g/mol. The Hall–Kier alpha value is -0.400. The smallest absolute Gasteiger partial charge is 0.187 e. The molecule has 0 aliphatic carbocycles. The zero-order chi connectivity index (χ0) is 16.0. The van der Waals surface area contributed by atoms with Crippen LogP contribution in [0, 0.1) is 0 Å². The van der Waals surface area contributed by atoms with E-state index in [0.29, 0.717) is 0 Å². The molecule has 3 aliphatic heterocycles. The minimum absolute atomic E-state index is 0.535. The van der Waals surface area contributed by atoms with Crippen molar-refractivity contribution in [1.29, 1.82) is 0 Å². The van der Waals surface area contributed by atoms with Crippen LogP contribution in [0.2, 0.25) is 0 Å². The first kappa shape index (κ1) is 16.5.